The molecule has 0 saturated carbocycles. The molecule has 9 heteroatoms. The Kier molecular flexibility index (Phi) is 8.24. The Morgan fingerprint density at radius 2 is 1.83 bits per heavy atom. The minimum atomic E-state index is -3.69. The second-order valence-electron chi connectivity index (χ2n) is 8.06. The zero-order chi connectivity index (χ0) is 21.6. The number of aliphatic hydroxyl groups is 1. The molecule has 0 spiro atoms. The van der Waals surface area contributed by atoms with E-state index in [4.69, 9.17) is 9.47 Å². The Labute approximate surface area is 178 Å². The highest BCUT2D eigenvalue weighted by molar-refractivity contribution is 7.89. The van der Waals surface area contributed by atoms with Crippen LogP contribution in [0, 0.1) is 12.8 Å². The number of nitrogens with one attached hydrogen (secondary N) is 2. The molecule has 3 atom stereocenters. The summed E-state index contributed by atoms with van der Waals surface area (Å²) in [5.41, 5.74) is 0.981. The van der Waals surface area contributed by atoms with Crippen molar-refractivity contribution >= 4 is 15.9 Å². The van der Waals surface area contributed by atoms with Gasteiger partial charge in [-0.2, -0.15) is 0 Å². The molecule has 2 aliphatic heterocycles. The third kappa shape index (κ3) is 6.24. The summed E-state index contributed by atoms with van der Waals surface area (Å²) < 4.78 is 39.2. The standard InChI is InChI=1S/C21H32N2O6S/c1-15-2-5-18(6-3-15)30(26,27)23-19-7-4-17(29-20(19)14-24)8-11-22-21(25)16-9-12-28-13-10-16/h2-3,5-6,16-17,19-20,23-24H,4,7-14H2,1H3,(H,22,25)/t17-,19-,20-/m1/s1. The van der Waals surface area contributed by atoms with Crippen LogP contribution in [0.15, 0.2) is 29.2 Å². The molecule has 2 heterocycles. The lowest BCUT2D eigenvalue weighted by Crippen LogP contribution is -2.51. The molecule has 168 valence electrons. The number of rotatable bonds is 8. The lowest BCUT2D eigenvalue weighted by molar-refractivity contribution is -0.128. The van der Waals surface area contributed by atoms with Crippen molar-refractivity contribution in [3.63, 3.8) is 0 Å². The van der Waals surface area contributed by atoms with E-state index in [1.807, 2.05) is 6.92 Å². The smallest absolute Gasteiger partial charge is 0.240 e. The average molecular weight is 441 g/mol. The van der Waals surface area contributed by atoms with E-state index in [1.165, 1.54) is 0 Å². The molecule has 30 heavy (non-hydrogen) atoms. The van der Waals surface area contributed by atoms with E-state index >= 15 is 0 Å². The van der Waals surface area contributed by atoms with Gasteiger partial charge < -0.3 is 19.9 Å². The van der Waals surface area contributed by atoms with Gasteiger partial charge in [-0.1, -0.05) is 17.7 Å². The number of hydrogen-bond acceptors (Lipinski definition) is 6. The number of benzene rings is 1. The van der Waals surface area contributed by atoms with Crippen molar-refractivity contribution in [3.8, 4) is 0 Å². The Bertz CT molecular complexity index is 792. The molecule has 0 aliphatic carbocycles. The van der Waals surface area contributed by atoms with Gasteiger partial charge in [-0.3, -0.25) is 4.79 Å². The van der Waals surface area contributed by atoms with Gasteiger partial charge in [0.15, 0.2) is 0 Å². The van der Waals surface area contributed by atoms with Crippen molar-refractivity contribution in [1.29, 1.82) is 0 Å². The zero-order valence-corrected chi connectivity index (χ0v) is 18.2. The number of hydrogen-bond donors (Lipinski definition) is 3. The van der Waals surface area contributed by atoms with E-state index in [2.05, 4.69) is 10.0 Å². The fraction of sp³-hybridized carbons (Fsp3) is 0.667. The molecule has 8 nitrogen and oxygen atoms in total. The van der Waals surface area contributed by atoms with Crippen molar-refractivity contribution in [3.05, 3.63) is 29.8 Å². The molecule has 1 aromatic carbocycles. The number of amides is 1. The topological polar surface area (TPSA) is 114 Å². The van der Waals surface area contributed by atoms with Crippen molar-refractivity contribution in [2.45, 2.75) is 62.2 Å². The van der Waals surface area contributed by atoms with Crippen LogP contribution in [0.2, 0.25) is 0 Å². The quantitative estimate of drug-likeness (QED) is 0.558. The fourth-order valence-electron chi connectivity index (χ4n) is 3.92. The highest BCUT2D eigenvalue weighted by Gasteiger charge is 2.34. The van der Waals surface area contributed by atoms with Gasteiger partial charge in [-0.05, 0) is 51.2 Å². The number of carbonyl (C=O) groups is 1. The maximum Gasteiger partial charge on any atom is 0.240 e. The number of carbonyl (C=O) groups excluding carboxylic acids is 1. The van der Waals surface area contributed by atoms with Gasteiger partial charge in [0.2, 0.25) is 15.9 Å². The van der Waals surface area contributed by atoms with Crippen LogP contribution in [-0.4, -0.2) is 64.0 Å². The van der Waals surface area contributed by atoms with Gasteiger partial charge in [-0.15, -0.1) is 0 Å². The number of sulfonamides is 1. The highest BCUT2D eigenvalue weighted by Crippen LogP contribution is 2.24. The first kappa shape index (κ1) is 23.1. The van der Waals surface area contributed by atoms with E-state index in [0.717, 1.165) is 18.4 Å². The van der Waals surface area contributed by atoms with Gasteiger partial charge in [0.1, 0.15) is 0 Å². The number of aliphatic hydroxyl groups excluding tert-OH is 1. The largest absolute Gasteiger partial charge is 0.394 e. The van der Waals surface area contributed by atoms with Crippen LogP contribution in [0.5, 0.6) is 0 Å². The summed E-state index contributed by atoms with van der Waals surface area (Å²) in [7, 11) is -3.69. The highest BCUT2D eigenvalue weighted by atomic mass is 32.2. The SMILES string of the molecule is Cc1ccc(S(=O)(=O)N[C@@H]2CC[C@H](CCNC(=O)C3CCOCC3)O[C@@H]2CO)cc1. The van der Waals surface area contributed by atoms with Crippen molar-refractivity contribution in [2.75, 3.05) is 26.4 Å². The maximum absolute atomic E-state index is 12.6. The monoisotopic (exact) mass is 440 g/mol. The molecule has 3 N–H and O–H groups in total. The first-order valence-corrected chi connectivity index (χ1v) is 12.1. The Hall–Kier alpha value is -1.52. The van der Waals surface area contributed by atoms with Crippen LogP contribution in [0.25, 0.3) is 0 Å². The van der Waals surface area contributed by atoms with Crippen LogP contribution in [0.4, 0.5) is 0 Å². The van der Waals surface area contributed by atoms with Gasteiger partial charge in [0.05, 0.1) is 29.8 Å². The van der Waals surface area contributed by atoms with Gasteiger partial charge in [-0.25, -0.2) is 13.1 Å². The summed E-state index contributed by atoms with van der Waals surface area (Å²) in [6, 6.07) is 6.15. The summed E-state index contributed by atoms with van der Waals surface area (Å²) in [5, 5.41) is 12.7. The van der Waals surface area contributed by atoms with Crippen LogP contribution >= 0.6 is 0 Å². The third-order valence-corrected chi connectivity index (χ3v) is 7.30. The first-order valence-electron chi connectivity index (χ1n) is 10.6. The second kappa shape index (κ2) is 10.7. The molecule has 3 rings (SSSR count). The van der Waals surface area contributed by atoms with E-state index in [-0.39, 0.29) is 29.4 Å². The molecule has 2 saturated heterocycles. The molecule has 0 aromatic heterocycles. The second-order valence-corrected chi connectivity index (χ2v) is 9.78. The Balaban J connectivity index is 1.47. The molecule has 2 aliphatic rings. The molecular weight excluding hydrogens is 408 g/mol. The summed E-state index contributed by atoms with van der Waals surface area (Å²) in [6.45, 7) is 3.38. The zero-order valence-electron chi connectivity index (χ0n) is 17.4. The van der Waals surface area contributed by atoms with E-state index in [0.29, 0.717) is 39.0 Å². The number of ether oxygens (including phenoxy) is 2. The van der Waals surface area contributed by atoms with Crippen molar-refractivity contribution < 1.29 is 27.8 Å². The Morgan fingerprint density at radius 3 is 2.50 bits per heavy atom. The van der Waals surface area contributed by atoms with Crippen LogP contribution in [0.1, 0.15) is 37.7 Å². The van der Waals surface area contributed by atoms with E-state index < -0.39 is 22.2 Å². The molecule has 0 unspecified atom stereocenters. The van der Waals surface area contributed by atoms with Crippen LogP contribution in [0.3, 0.4) is 0 Å². The summed E-state index contributed by atoms with van der Waals surface area (Å²) in [4.78, 5) is 12.4. The van der Waals surface area contributed by atoms with Crippen LogP contribution in [-0.2, 0) is 24.3 Å². The summed E-state index contributed by atoms with van der Waals surface area (Å²) >= 11 is 0. The van der Waals surface area contributed by atoms with Crippen LogP contribution < -0.4 is 10.0 Å². The minimum absolute atomic E-state index is 0.0109. The van der Waals surface area contributed by atoms with E-state index in [9.17, 15) is 18.3 Å². The molecule has 1 aromatic rings. The number of aryl methyl sites for hydroxylation is 1. The maximum atomic E-state index is 12.6. The molecule has 2 fully saturated rings. The Morgan fingerprint density at radius 1 is 1.13 bits per heavy atom. The van der Waals surface area contributed by atoms with Crippen molar-refractivity contribution in [2.24, 2.45) is 5.92 Å². The molecule has 0 bridgehead atoms. The molecule has 0 radical (unpaired) electrons. The first-order chi connectivity index (χ1) is 14.4. The third-order valence-electron chi connectivity index (χ3n) is 5.79. The van der Waals surface area contributed by atoms with Gasteiger partial charge in [0.25, 0.3) is 0 Å². The fourth-order valence-corrected chi connectivity index (χ4v) is 5.22. The minimum Gasteiger partial charge on any atom is -0.394 e. The molecule has 1 amide bonds. The summed E-state index contributed by atoms with van der Waals surface area (Å²) in [5.74, 6) is 0.0633. The van der Waals surface area contributed by atoms with Gasteiger partial charge >= 0.3 is 0 Å². The van der Waals surface area contributed by atoms with Crippen molar-refractivity contribution in [1.82, 2.24) is 10.0 Å². The predicted octanol–water partition coefficient (Wildman–Crippen LogP) is 1.11. The lowest BCUT2D eigenvalue weighted by atomic mass is 9.97. The van der Waals surface area contributed by atoms with Gasteiger partial charge in [0, 0.05) is 25.7 Å². The predicted molar refractivity (Wildman–Crippen MR) is 111 cm³/mol. The average Bonchev–Trinajstić information content (AvgIpc) is 2.75. The van der Waals surface area contributed by atoms with E-state index in [1.54, 1.807) is 24.3 Å². The lowest BCUT2D eigenvalue weighted by Gasteiger charge is -2.36. The molecular formula is C21H32N2O6S. The summed E-state index contributed by atoms with van der Waals surface area (Å²) in [6.07, 6.45) is 2.61. The normalized spacial score (nSPS) is 25.7.